The molecule has 196 valence electrons. The summed E-state index contributed by atoms with van der Waals surface area (Å²) in [7, 11) is 0. The molecule has 2 N–H and O–H groups in total. The molecule has 0 bridgehead atoms. The molecule has 2 aromatic carbocycles. The van der Waals surface area contributed by atoms with Gasteiger partial charge in [0.05, 0.1) is 0 Å². The first-order chi connectivity index (χ1) is 18.4. The van der Waals surface area contributed by atoms with Crippen LogP contribution in [0.3, 0.4) is 0 Å². The number of aromatic nitrogens is 4. The third-order valence-corrected chi connectivity index (χ3v) is 6.46. The van der Waals surface area contributed by atoms with Crippen LogP contribution in [0.25, 0.3) is 11.6 Å². The number of carbonyl (C=O) groups is 2. The first-order valence-electron chi connectivity index (χ1n) is 12.4. The molecule has 2 heterocycles. The Kier molecular flexibility index (Phi) is 7.16. The smallest absolute Gasteiger partial charge is 0.251 e. The lowest BCUT2D eigenvalue weighted by Crippen LogP contribution is -2.47. The molecule has 11 heteroatoms. The lowest BCUT2D eigenvalue weighted by atomic mass is 10.0. The summed E-state index contributed by atoms with van der Waals surface area (Å²) in [6.07, 6.45) is 3.72. The molecule has 1 saturated carbocycles. The summed E-state index contributed by atoms with van der Waals surface area (Å²) in [5, 5.41) is 25.1. The van der Waals surface area contributed by atoms with Crippen molar-refractivity contribution >= 4 is 17.5 Å². The molecule has 1 aliphatic carbocycles. The van der Waals surface area contributed by atoms with E-state index in [0.717, 1.165) is 30.5 Å². The topological polar surface area (TPSA) is 126 Å². The van der Waals surface area contributed by atoms with Crippen molar-refractivity contribution in [2.75, 3.05) is 4.90 Å². The fraction of sp³-hybridized carbons (Fsp3) is 0.296. The number of nitrogens with zero attached hydrogens (tertiary/aromatic N) is 5. The Morgan fingerprint density at radius 3 is 2.61 bits per heavy atom. The van der Waals surface area contributed by atoms with Gasteiger partial charge in [-0.25, -0.2) is 4.39 Å². The van der Waals surface area contributed by atoms with E-state index in [0.29, 0.717) is 17.1 Å². The number of tetrazole rings is 1. The van der Waals surface area contributed by atoms with Gasteiger partial charge in [0, 0.05) is 11.7 Å². The molecule has 4 aromatic rings. The van der Waals surface area contributed by atoms with Crippen molar-refractivity contribution in [3.05, 3.63) is 77.8 Å². The molecular formula is C27H27FN6O4. The fourth-order valence-electron chi connectivity index (χ4n) is 4.65. The summed E-state index contributed by atoms with van der Waals surface area (Å²) >= 11 is 0. The Labute approximate surface area is 218 Å². The number of hydrogen-bond donors (Lipinski definition) is 2. The van der Waals surface area contributed by atoms with Crippen LogP contribution in [0.1, 0.15) is 43.0 Å². The number of aryl methyl sites for hydroxylation is 1. The van der Waals surface area contributed by atoms with Gasteiger partial charge in [-0.3, -0.25) is 14.5 Å². The van der Waals surface area contributed by atoms with Gasteiger partial charge >= 0.3 is 0 Å². The number of carbonyl (C=O) groups excluding carboxylic acids is 2. The van der Waals surface area contributed by atoms with Gasteiger partial charge in [0.15, 0.2) is 5.76 Å². The molecule has 0 unspecified atom stereocenters. The molecule has 5 rings (SSSR count). The maximum atomic E-state index is 14.3. The summed E-state index contributed by atoms with van der Waals surface area (Å²) in [6, 6.07) is 13.8. The fourth-order valence-corrected chi connectivity index (χ4v) is 4.65. The molecule has 0 radical (unpaired) electrons. The number of furan rings is 1. The maximum absolute atomic E-state index is 14.3. The summed E-state index contributed by atoms with van der Waals surface area (Å²) in [4.78, 5) is 29.9. The van der Waals surface area contributed by atoms with Crippen molar-refractivity contribution in [1.29, 1.82) is 0 Å². The van der Waals surface area contributed by atoms with E-state index in [2.05, 4.69) is 20.7 Å². The van der Waals surface area contributed by atoms with Crippen molar-refractivity contribution in [3.63, 3.8) is 0 Å². The van der Waals surface area contributed by atoms with Crippen molar-refractivity contribution in [2.45, 2.75) is 51.2 Å². The van der Waals surface area contributed by atoms with Gasteiger partial charge in [0.2, 0.25) is 11.7 Å². The molecule has 10 nitrogen and oxygen atoms in total. The molecule has 2 aromatic heterocycles. The SMILES string of the molecule is Cc1ccc(-c2nnn(CC(=O)N(c3cccc(F)c3)[C@@H](C(=O)NC3CCCC3)c3ccc(O)cc3)n2)o1. The minimum Gasteiger partial charge on any atom is -0.508 e. The van der Waals surface area contributed by atoms with E-state index >= 15 is 0 Å². The first kappa shape index (κ1) is 25.1. The van der Waals surface area contributed by atoms with Gasteiger partial charge in [-0.15, -0.1) is 10.2 Å². The van der Waals surface area contributed by atoms with E-state index in [-0.39, 0.29) is 29.8 Å². The number of nitrogens with one attached hydrogen (secondary N) is 1. The highest BCUT2D eigenvalue weighted by Crippen LogP contribution is 2.31. The maximum Gasteiger partial charge on any atom is 0.251 e. The number of phenols is 1. The molecule has 0 saturated heterocycles. The number of phenolic OH excluding ortho intramolecular Hbond substituents is 1. The van der Waals surface area contributed by atoms with Gasteiger partial charge in [-0.2, -0.15) is 4.80 Å². The third kappa shape index (κ3) is 5.56. The van der Waals surface area contributed by atoms with Crippen molar-refractivity contribution < 1.29 is 23.5 Å². The van der Waals surface area contributed by atoms with E-state index in [4.69, 9.17) is 4.42 Å². The zero-order valence-electron chi connectivity index (χ0n) is 20.7. The zero-order chi connectivity index (χ0) is 26.6. The van der Waals surface area contributed by atoms with Crippen LogP contribution in [-0.2, 0) is 16.1 Å². The first-order valence-corrected chi connectivity index (χ1v) is 12.4. The molecular weight excluding hydrogens is 491 g/mol. The second kappa shape index (κ2) is 10.8. The average molecular weight is 519 g/mol. The van der Waals surface area contributed by atoms with Gasteiger partial charge in [-0.05, 0) is 73.0 Å². The number of halogens is 1. The number of benzene rings is 2. The standard InChI is InChI=1S/C27H27FN6O4/c1-17-9-14-23(38-17)26-30-32-33(31-26)16-24(36)34(21-8-4-5-19(28)15-21)25(18-10-12-22(35)13-11-18)27(37)29-20-6-2-3-7-20/h4-5,8-15,20,25,35H,2-3,6-7,16H2,1H3,(H,29,37)/t25-/m1/s1. The minimum atomic E-state index is -1.14. The molecule has 2 amide bonds. The largest absolute Gasteiger partial charge is 0.508 e. The third-order valence-electron chi connectivity index (χ3n) is 6.46. The lowest BCUT2D eigenvalue weighted by Gasteiger charge is -2.32. The molecule has 0 aliphatic heterocycles. The van der Waals surface area contributed by atoms with E-state index in [1.807, 2.05) is 0 Å². The van der Waals surface area contributed by atoms with Crippen LogP contribution in [-0.4, -0.2) is 43.2 Å². The number of hydrogen-bond acceptors (Lipinski definition) is 7. The van der Waals surface area contributed by atoms with Crippen molar-refractivity contribution in [2.24, 2.45) is 0 Å². The lowest BCUT2D eigenvalue weighted by molar-refractivity contribution is -0.127. The normalized spacial score (nSPS) is 14.4. The van der Waals surface area contributed by atoms with Gasteiger partial charge in [0.25, 0.3) is 5.91 Å². The van der Waals surface area contributed by atoms with Crippen molar-refractivity contribution in [3.8, 4) is 17.3 Å². The molecule has 1 aliphatic rings. The van der Waals surface area contributed by atoms with Crippen LogP contribution in [0, 0.1) is 12.7 Å². The van der Waals surface area contributed by atoms with Crippen LogP contribution in [0.5, 0.6) is 5.75 Å². The van der Waals surface area contributed by atoms with E-state index in [1.165, 1.54) is 35.2 Å². The Morgan fingerprint density at radius 2 is 1.92 bits per heavy atom. The number of anilines is 1. The van der Waals surface area contributed by atoms with Crippen molar-refractivity contribution in [1.82, 2.24) is 25.5 Å². The molecule has 38 heavy (non-hydrogen) atoms. The van der Waals surface area contributed by atoms with Crippen LogP contribution >= 0.6 is 0 Å². The average Bonchev–Trinajstić information content (AvgIpc) is 3.66. The predicted octanol–water partition coefficient (Wildman–Crippen LogP) is 3.92. The summed E-state index contributed by atoms with van der Waals surface area (Å²) in [6.45, 7) is 1.42. The van der Waals surface area contributed by atoms with E-state index in [1.54, 1.807) is 37.3 Å². The van der Waals surface area contributed by atoms with Gasteiger partial charge in [-0.1, -0.05) is 31.0 Å². The van der Waals surface area contributed by atoms with E-state index in [9.17, 15) is 19.1 Å². The van der Waals surface area contributed by atoms with Gasteiger partial charge < -0.3 is 14.8 Å². The quantitative estimate of drug-likeness (QED) is 0.362. The van der Waals surface area contributed by atoms with Gasteiger partial charge in [0.1, 0.15) is 29.9 Å². The van der Waals surface area contributed by atoms with Crippen LogP contribution in [0.4, 0.5) is 10.1 Å². The number of amides is 2. The van der Waals surface area contributed by atoms with E-state index < -0.39 is 23.7 Å². The monoisotopic (exact) mass is 518 g/mol. The molecule has 1 atom stereocenters. The zero-order valence-corrected chi connectivity index (χ0v) is 20.7. The Morgan fingerprint density at radius 1 is 1.16 bits per heavy atom. The summed E-state index contributed by atoms with van der Waals surface area (Å²) in [5.41, 5.74) is 0.644. The highest BCUT2D eigenvalue weighted by atomic mass is 19.1. The van der Waals surface area contributed by atoms with Crippen LogP contribution in [0.2, 0.25) is 0 Å². The Balaban J connectivity index is 1.51. The predicted molar refractivity (Wildman–Crippen MR) is 135 cm³/mol. The van der Waals surface area contributed by atoms with Crippen LogP contribution < -0.4 is 10.2 Å². The molecule has 0 spiro atoms. The highest BCUT2D eigenvalue weighted by molar-refractivity contribution is 6.01. The minimum absolute atomic E-state index is 0.0112. The second-order valence-corrected chi connectivity index (χ2v) is 9.28. The summed E-state index contributed by atoms with van der Waals surface area (Å²) in [5.74, 6) is -0.225. The summed E-state index contributed by atoms with van der Waals surface area (Å²) < 4.78 is 19.9. The van der Waals surface area contributed by atoms with Crippen LogP contribution in [0.15, 0.2) is 65.1 Å². The second-order valence-electron chi connectivity index (χ2n) is 9.28. The number of rotatable bonds is 8. The Bertz CT molecular complexity index is 1430. The molecule has 1 fully saturated rings. The Hall–Kier alpha value is -4.54. The highest BCUT2D eigenvalue weighted by Gasteiger charge is 2.35. The number of aromatic hydroxyl groups is 1.